The lowest BCUT2D eigenvalue weighted by atomic mass is 10.4. The number of nitrogens with one attached hydrogen (secondary N) is 1. The smallest absolute Gasteiger partial charge is 0.242 e. The summed E-state index contributed by atoms with van der Waals surface area (Å²) in [5.41, 5.74) is 1.38. The Morgan fingerprint density at radius 3 is 2.58 bits per heavy atom. The Balaban J connectivity index is 2.14. The molecule has 2 rings (SSSR count). The molecule has 102 valence electrons. The largest absolute Gasteiger partial charge is 0.258 e. The molecule has 0 spiro atoms. The molecule has 5 nitrogen and oxygen atoms in total. The van der Waals surface area contributed by atoms with Crippen LogP contribution >= 0.6 is 27.3 Å². The number of thiophene rings is 1. The lowest BCUT2D eigenvalue weighted by Crippen LogP contribution is -2.24. The highest BCUT2D eigenvalue weighted by molar-refractivity contribution is 9.11. The van der Waals surface area contributed by atoms with Gasteiger partial charge in [-0.1, -0.05) is 0 Å². The van der Waals surface area contributed by atoms with E-state index in [1.54, 1.807) is 25.4 Å². The molecule has 0 bridgehead atoms. The minimum Gasteiger partial charge on any atom is -0.258 e. The van der Waals surface area contributed by atoms with Gasteiger partial charge in [-0.3, -0.25) is 9.97 Å². The molecule has 0 aliphatic rings. The Morgan fingerprint density at radius 2 is 2.05 bits per heavy atom. The molecule has 0 fully saturated rings. The Bertz CT molecular complexity index is 680. The van der Waals surface area contributed by atoms with Crippen molar-refractivity contribution in [3.8, 4) is 0 Å². The van der Waals surface area contributed by atoms with Crippen molar-refractivity contribution in [3.63, 3.8) is 0 Å². The van der Waals surface area contributed by atoms with Gasteiger partial charge in [-0.15, -0.1) is 11.3 Å². The fourth-order valence-electron chi connectivity index (χ4n) is 1.45. The van der Waals surface area contributed by atoms with Crippen molar-refractivity contribution >= 4 is 37.3 Å². The molecule has 0 radical (unpaired) electrons. The van der Waals surface area contributed by atoms with Crippen LogP contribution in [0.25, 0.3) is 0 Å². The number of aryl methyl sites for hydroxylation is 2. The summed E-state index contributed by atoms with van der Waals surface area (Å²) in [5.74, 6) is 0. The molecule has 2 aromatic heterocycles. The van der Waals surface area contributed by atoms with E-state index >= 15 is 0 Å². The van der Waals surface area contributed by atoms with E-state index in [-0.39, 0.29) is 6.54 Å². The highest BCUT2D eigenvalue weighted by atomic mass is 79.9. The Hall–Kier alpha value is -0.830. The molecule has 19 heavy (non-hydrogen) atoms. The van der Waals surface area contributed by atoms with Crippen molar-refractivity contribution in [2.75, 3.05) is 0 Å². The van der Waals surface area contributed by atoms with Gasteiger partial charge >= 0.3 is 0 Å². The van der Waals surface area contributed by atoms with E-state index in [0.29, 0.717) is 10.6 Å². The second-order valence-electron chi connectivity index (χ2n) is 3.94. The highest BCUT2D eigenvalue weighted by Gasteiger charge is 2.19. The maximum Gasteiger partial charge on any atom is 0.242 e. The summed E-state index contributed by atoms with van der Waals surface area (Å²) in [5, 5.41) is 0. The monoisotopic (exact) mass is 361 g/mol. The van der Waals surface area contributed by atoms with Gasteiger partial charge in [0.25, 0.3) is 0 Å². The minimum atomic E-state index is -3.52. The van der Waals surface area contributed by atoms with E-state index in [0.717, 1.165) is 14.4 Å². The lowest BCUT2D eigenvalue weighted by Gasteiger charge is -2.05. The second kappa shape index (κ2) is 5.66. The summed E-state index contributed by atoms with van der Waals surface area (Å²) in [7, 11) is -3.52. The van der Waals surface area contributed by atoms with Crippen molar-refractivity contribution in [1.82, 2.24) is 14.7 Å². The number of aromatic nitrogens is 2. The summed E-state index contributed by atoms with van der Waals surface area (Å²) < 4.78 is 27.6. The summed E-state index contributed by atoms with van der Waals surface area (Å²) in [6.45, 7) is 3.73. The zero-order valence-electron chi connectivity index (χ0n) is 10.3. The van der Waals surface area contributed by atoms with Crippen molar-refractivity contribution in [2.45, 2.75) is 25.3 Å². The zero-order valence-corrected chi connectivity index (χ0v) is 13.6. The van der Waals surface area contributed by atoms with Gasteiger partial charge in [0.15, 0.2) is 0 Å². The van der Waals surface area contributed by atoms with E-state index in [4.69, 9.17) is 0 Å². The van der Waals surface area contributed by atoms with Crippen molar-refractivity contribution in [2.24, 2.45) is 0 Å². The predicted octanol–water partition coefficient (Wildman–Crippen LogP) is 2.40. The normalized spacial score (nSPS) is 11.7. The van der Waals surface area contributed by atoms with Gasteiger partial charge in [0.2, 0.25) is 10.0 Å². The predicted molar refractivity (Wildman–Crippen MR) is 77.6 cm³/mol. The van der Waals surface area contributed by atoms with Crippen LogP contribution in [0.5, 0.6) is 0 Å². The fourth-order valence-corrected chi connectivity index (χ4v) is 4.87. The van der Waals surface area contributed by atoms with Crippen molar-refractivity contribution in [1.29, 1.82) is 0 Å². The van der Waals surface area contributed by atoms with Gasteiger partial charge in [0.05, 0.1) is 32.8 Å². The van der Waals surface area contributed by atoms with Gasteiger partial charge < -0.3 is 0 Å². The van der Waals surface area contributed by atoms with Crippen LogP contribution in [-0.2, 0) is 16.6 Å². The average Bonchev–Trinajstić information content (AvgIpc) is 2.69. The van der Waals surface area contributed by atoms with Gasteiger partial charge in [-0.25, -0.2) is 13.1 Å². The highest BCUT2D eigenvalue weighted by Crippen LogP contribution is 2.29. The molecular formula is C11H12BrN3O2S2. The molecule has 0 atom stereocenters. The number of nitrogens with zero attached hydrogens (tertiary/aromatic N) is 2. The standard InChI is InChI=1S/C11H12BrN3O2S2/c1-7-4-14-9(5-13-7)6-15-19(16,17)10-3-11(12)18-8(10)2/h3-5,15H,6H2,1-2H3. The van der Waals surface area contributed by atoms with Crippen LogP contribution in [0.15, 0.2) is 27.1 Å². The van der Waals surface area contributed by atoms with Gasteiger partial charge in [0, 0.05) is 11.1 Å². The Labute approximate surface area is 124 Å². The van der Waals surface area contributed by atoms with Crippen LogP contribution in [0.3, 0.4) is 0 Å². The van der Waals surface area contributed by atoms with Crippen LogP contribution in [-0.4, -0.2) is 18.4 Å². The molecule has 0 unspecified atom stereocenters. The molecule has 8 heteroatoms. The number of sulfonamides is 1. The van der Waals surface area contributed by atoms with E-state index in [9.17, 15) is 8.42 Å². The van der Waals surface area contributed by atoms with E-state index < -0.39 is 10.0 Å². The van der Waals surface area contributed by atoms with Crippen molar-refractivity contribution < 1.29 is 8.42 Å². The van der Waals surface area contributed by atoms with E-state index in [1.165, 1.54) is 11.3 Å². The first-order valence-electron chi connectivity index (χ1n) is 5.41. The van der Waals surface area contributed by atoms with Crippen LogP contribution < -0.4 is 4.72 Å². The van der Waals surface area contributed by atoms with Gasteiger partial charge in [-0.2, -0.15) is 0 Å². The van der Waals surface area contributed by atoms with Crippen LogP contribution in [0.4, 0.5) is 0 Å². The molecule has 0 aromatic carbocycles. The summed E-state index contributed by atoms with van der Waals surface area (Å²) in [4.78, 5) is 9.22. The SMILES string of the molecule is Cc1cnc(CNS(=O)(=O)c2cc(Br)sc2C)cn1. The van der Waals surface area contributed by atoms with Crippen LogP contribution in [0.1, 0.15) is 16.3 Å². The van der Waals surface area contributed by atoms with E-state index in [2.05, 4.69) is 30.6 Å². The summed E-state index contributed by atoms with van der Waals surface area (Å²) in [6.07, 6.45) is 3.17. The number of halogens is 1. The first kappa shape index (κ1) is 14.6. The molecule has 0 aliphatic heterocycles. The van der Waals surface area contributed by atoms with Crippen LogP contribution in [0.2, 0.25) is 0 Å². The molecular weight excluding hydrogens is 350 g/mol. The maximum absolute atomic E-state index is 12.1. The zero-order chi connectivity index (χ0) is 14.0. The minimum absolute atomic E-state index is 0.127. The van der Waals surface area contributed by atoms with Gasteiger partial charge in [-0.05, 0) is 35.8 Å². The quantitative estimate of drug-likeness (QED) is 0.907. The molecule has 0 amide bonds. The number of hydrogen-bond acceptors (Lipinski definition) is 5. The van der Waals surface area contributed by atoms with Gasteiger partial charge in [0.1, 0.15) is 0 Å². The molecule has 0 saturated carbocycles. The molecule has 2 aromatic rings. The third-order valence-corrected chi connectivity index (χ3v) is 5.62. The third kappa shape index (κ3) is 3.59. The Morgan fingerprint density at radius 1 is 1.32 bits per heavy atom. The second-order valence-corrected chi connectivity index (χ2v) is 8.32. The summed E-state index contributed by atoms with van der Waals surface area (Å²) in [6, 6.07) is 1.60. The first-order valence-corrected chi connectivity index (χ1v) is 8.51. The van der Waals surface area contributed by atoms with Crippen LogP contribution in [0, 0.1) is 13.8 Å². The first-order chi connectivity index (χ1) is 8.88. The maximum atomic E-state index is 12.1. The third-order valence-electron chi connectivity index (χ3n) is 2.41. The molecule has 0 saturated heterocycles. The fraction of sp³-hybridized carbons (Fsp3) is 0.273. The van der Waals surface area contributed by atoms with E-state index in [1.807, 2.05) is 6.92 Å². The topological polar surface area (TPSA) is 72.0 Å². The molecule has 2 heterocycles. The Kier molecular flexibility index (Phi) is 4.34. The molecule has 1 N–H and O–H groups in total. The van der Waals surface area contributed by atoms with Crippen molar-refractivity contribution in [3.05, 3.63) is 38.5 Å². The number of rotatable bonds is 4. The lowest BCUT2D eigenvalue weighted by molar-refractivity contribution is 0.580. The number of hydrogen-bond donors (Lipinski definition) is 1. The summed E-state index contributed by atoms with van der Waals surface area (Å²) >= 11 is 4.67. The average molecular weight is 362 g/mol. The molecule has 0 aliphatic carbocycles.